The van der Waals surface area contributed by atoms with Gasteiger partial charge in [0, 0.05) is 42.9 Å². The Labute approximate surface area is 155 Å². The van der Waals surface area contributed by atoms with Crippen LogP contribution in [0.1, 0.15) is 5.56 Å². The van der Waals surface area contributed by atoms with Crippen LogP contribution in [0.15, 0.2) is 18.2 Å². The summed E-state index contributed by atoms with van der Waals surface area (Å²) < 4.78 is 0. The summed E-state index contributed by atoms with van der Waals surface area (Å²) in [5.41, 5.74) is 0.655. The summed E-state index contributed by atoms with van der Waals surface area (Å²) in [7, 11) is 2.90. The fraction of sp³-hybridized carbons (Fsp3) is 0.471. The molecule has 0 aliphatic carbocycles. The van der Waals surface area contributed by atoms with Crippen molar-refractivity contribution in [3.63, 3.8) is 0 Å². The molecule has 1 aromatic rings. The smallest absolute Gasteiger partial charge is 0.332 e. The van der Waals surface area contributed by atoms with Gasteiger partial charge in [-0.3, -0.25) is 19.4 Å². The van der Waals surface area contributed by atoms with Gasteiger partial charge >= 0.3 is 6.03 Å². The van der Waals surface area contributed by atoms with Gasteiger partial charge in [-0.2, -0.15) is 11.8 Å². The van der Waals surface area contributed by atoms with Crippen LogP contribution in [0.5, 0.6) is 0 Å². The molecule has 1 spiro atoms. The van der Waals surface area contributed by atoms with E-state index in [4.69, 9.17) is 11.6 Å². The first-order valence-corrected chi connectivity index (χ1v) is 9.64. The Hall–Kier alpha value is -1.73. The van der Waals surface area contributed by atoms with Crippen LogP contribution in [0.3, 0.4) is 0 Å². The van der Waals surface area contributed by atoms with E-state index in [1.807, 2.05) is 12.1 Å². The molecule has 0 N–H and O–H groups in total. The van der Waals surface area contributed by atoms with Gasteiger partial charge in [0.2, 0.25) is 11.8 Å². The molecule has 3 aliphatic heterocycles. The summed E-state index contributed by atoms with van der Waals surface area (Å²) in [5.74, 6) is 0.780. The predicted octanol–water partition coefficient (Wildman–Crippen LogP) is 1.85. The lowest BCUT2D eigenvalue weighted by atomic mass is 9.68. The van der Waals surface area contributed by atoms with Crippen molar-refractivity contribution in [3.05, 3.63) is 28.8 Å². The quantitative estimate of drug-likeness (QED) is 0.644. The van der Waals surface area contributed by atoms with E-state index in [0.717, 1.165) is 33.3 Å². The first-order chi connectivity index (χ1) is 11.9. The fourth-order valence-corrected chi connectivity index (χ4v) is 5.54. The number of barbiturate groups is 1. The van der Waals surface area contributed by atoms with E-state index in [1.54, 1.807) is 17.8 Å². The average Bonchev–Trinajstić information content (AvgIpc) is 2.63. The van der Waals surface area contributed by atoms with Gasteiger partial charge in [0.05, 0.1) is 6.04 Å². The Morgan fingerprint density at radius 1 is 1.16 bits per heavy atom. The minimum absolute atomic E-state index is 0.282. The standard InChI is InChI=1S/C17H18ClN3O3S/c1-19-14(22)17(15(23)20(2)16(19)24)8-10-3-4-11(18)7-12(10)21-5-6-25-9-13(17)21/h3-4,7,13H,5-6,8-9H2,1-2H3/t13-/m1/s1. The molecule has 1 aromatic carbocycles. The van der Waals surface area contributed by atoms with Crippen molar-refractivity contribution in [2.24, 2.45) is 5.41 Å². The minimum Gasteiger partial charge on any atom is -0.365 e. The summed E-state index contributed by atoms with van der Waals surface area (Å²) in [6.07, 6.45) is 0.293. The molecule has 0 bridgehead atoms. The molecule has 0 radical (unpaired) electrons. The zero-order valence-corrected chi connectivity index (χ0v) is 15.6. The lowest BCUT2D eigenvalue weighted by Gasteiger charge is -2.54. The highest BCUT2D eigenvalue weighted by molar-refractivity contribution is 7.99. The first kappa shape index (κ1) is 16.7. The number of fused-ring (bicyclic) bond motifs is 4. The molecule has 4 rings (SSSR count). The van der Waals surface area contributed by atoms with E-state index in [1.165, 1.54) is 14.1 Å². The largest absolute Gasteiger partial charge is 0.365 e. The Kier molecular flexibility index (Phi) is 3.77. The van der Waals surface area contributed by atoms with Gasteiger partial charge in [-0.15, -0.1) is 0 Å². The van der Waals surface area contributed by atoms with Crippen molar-refractivity contribution < 1.29 is 14.4 Å². The molecule has 6 nitrogen and oxygen atoms in total. The third-order valence-electron chi connectivity index (χ3n) is 5.47. The summed E-state index contributed by atoms with van der Waals surface area (Å²) in [6.45, 7) is 0.742. The normalized spacial score (nSPS) is 25.3. The van der Waals surface area contributed by atoms with Gasteiger partial charge in [0.25, 0.3) is 0 Å². The van der Waals surface area contributed by atoms with E-state index in [2.05, 4.69) is 4.90 Å². The van der Waals surface area contributed by atoms with Gasteiger partial charge in [-0.25, -0.2) is 4.79 Å². The maximum Gasteiger partial charge on any atom is 0.332 e. The summed E-state index contributed by atoms with van der Waals surface area (Å²) in [6, 6.07) is 4.72. The topological polar surface area (TPSA) is 60.9 Å². The molecule has 25 heavy (non-hydrogen) atoms. The van der Waals surface area contributed by atoms with Crippen LogP contribution in [-0.4, -0.2) is 65.8 Å². The number of halogens is 1. The van der Waals surface area contributed by atoms with Crippen LogP contribution >= 0.6 is 23.4 Å². The Morgan fingerprint density at radius 3 is 2.52 bits per heavy atom. The molecule has 0 unspecified atom stereocenters. The highest BCUT2D eigenvalue weighted by Gasteiger charge is 2.63. The number of anilines is 1. The van der Waals surface area contributed by atoms with Crippen LogP contribution in [0.2, 0.25) is 5.02 Å². The van der Waals surface area contributed by atoms with Crippen molar-refractivity contribution in [1.29, 1.82) is 0 Å². The van der Waals surface area contributed by atoms with Crippen molar-refractivity contribution in [1.82, 2.24) is 9.80 Å². The third-order valence-corrected chi connectivity index (χ3v) is 6.73. The Bertz CT molecular complexity index is 775. The number of carbonyl (C=O) groups is 3. The molecule has 0 saturated carbocycles. The number of rotatable bonds is 0. The number of thioether (sulfide) groups is 1. The second-order valence-electron chi connectivity index (χ2n) is 6.72. The third kappa shape index (κ3) is 2.15. The average molecular weight is 380 g/mol. The number of carbonyl (C=O) groups excluding carboxylic acids is 3. The van der Waals surface area contributed by atoms with E-state index in [0.29, 0.717) is 17.2 Å². The second kappa shape index (κ2) is 5.64. The number of hydrogen-bond donors (Lipinski definition) is 0. The highest BCUT2D eigenvalue weighted by Crippen LogP contribution is 2.48. The van der Waals surface area contributed by atoms with Crippen molar-refractivity contribution in [3.8, 4) is 0 Å². The van der Waals surface area contributed by atoms with Crippen molar-refractivity contribution >= 4 is 46.9 Å². The number of urea groups is 1. The van der Waals surface area contributed by atoms with Crippen molar-refractivity contribution in [2.45, 2.75) is 12.5 Å². The summed E-state index contributed by atoms with van der Waals surface area (Å²) >= 11 is 7.91. The monoisotopic (exact) mass is 379 g/mol. The fourth-order valence-electron chi connectivity index (χ4n) is 4.20. The molecule has 3 heterocycles. The minimum atomic E-state index is -1.26. The molecule has 3 aliphatic rings. The second-order valence-corrected chi connectivity index (χ2v) is 8.30. The molecule has 4 amide bonds. The number of hydrogen-bond acceptors (Lipinski definition) is 5. The van der Waals surface area contributed by atoms with Crippen LogP contribution < -0.4 is 4.90 Å². The van der Waals surface area contributed by atoms with Crippen LogP contribution in [0, 0.1) is 5.41 Å². The van der Waals surface area contributed by atoms with Gasteiger partial charge in [-0.1, -0.05) is 17.7 Å². The number of amides is 4. The van der Waals surface area contributed by atoms with E-state index < -0.39 is 23.3 Å². The SMILES string of the molecule is CN1C(=O)N(C)C(=O)C2(Cc3ccc(Cl)cc3N3CCSC[C@@H]32)C1=O. The molecular weight excluding hydrogens is 362 g/mol. The molecule has 132 valence electrons. The first-order valence-electron chi connectivity index (χ1n) is 8.11. The van der Waals surface area contributed by atoms with Gasteiger partial charge in [-0.05, 0) is 24.1 Å². The highest BCUT2D eigenvalue weighted by atomic mass is 35.5. The maximum atomic E-state index is 13.2. The number of nitrogens with zero attached hydrogens (tertiary/aromatic N) is 3. The van der Waals surface area contributed by atoms with E-state index >= 15 is 0 Å². The molecule has 2 fully saturated rings. The zero-order chi connectivity index (χ0) is 17.9. The Morgan fingerprint density at radius 2 is 1.84 bits per heavy atom. The lowest BCUT2D eigenvalue weighted by molar-refractivity contribution is -0.158. The molecule has 8 heteroatoms. The molecular formula is C17H18ClN3O3S. The van der Waals surface area contributed by atoms with Gasteiger partial charge in [0.15, 0.2) is 5.41 Å². The van der Waals surface area contributed by atoms with Gasteiger partial charge < -0.3 is 4.90 Å². The molecule has 1 atom stereocenters. The van der Waals surface area contributed by atoms with E-state index in [-0.39, 0.29) is 6.04 Å². The molecule has 0 aromatic heterocycles. The predicted molar refractivity (Wildman–Crippen MR) is 97.0 cm³/mol. The number of imide groups is 2. The summed E-state index contributed by atoms with van der Waals surface area (Å²) in [4.78, 5) is 42.9. The van der Waals surface area contributed by atoms with Gasteiger partial charge in [0.1, 0.15) is 0 Å². The van der Waals surface area contributed by atoms with Crippen LogP contribution in [0.4, 0.5) is 10.5 Å². The summed E-state index contributed by atoms with van der Waals surface area (Å²) in [5, 5.41) is 0.636. The maximum absolute atomic E-state index is 13.2. The number of benzene rings is 1. The van der Waals surface area contributed by atoms with E-state index in [9.17, 15) is 14.4 Å². The van der Waals surface area contributed by atoms with Crippen LogP contribution in [0.25, 0.3) is 0 Å². The Balaban J connectivity index is 1.92. The molecule has 2 saturated heterocycles. The van der Waals surface area contributed by atoms with Crippen LogP contribution in [-0.2, 0) is 16.0 Å². The lowest BCUT2D eigenvalue weighted by Crippen LogP contribution is -2.72. The van der Waals surface area contributed by atoms with Crippen molar-refractivity contribution in [2.75, 3.05) is 37.0 Å². The zero-order valence-electron chi connectivity index (χ0n) is 14.0.